The summed E-state index contributed by atoms with van der Waals surface area (Å²) >= 11 is 0. The van der Waals surface area contributed by atoms with Gasteiger partial charge in [0.15, 0.2) is 0 Å². The van der Waals surface area contributed by atoms with E-state index in [9.17, 15) is 9.90 Å². The molecular weight excluding hydrogens is 250 g/mol. The van der Waals surface area contributed by atoms with Crippen LogP contribution in [0.1, 0.15) is 50.7 Å². The molecule has 0 aromatic heterocycles. The molecule has 1 unspecified atom stereocenters. The summed E-state index contributed by atoms with van der Waals surface area (Å²) in [5, 5.41) is 9.58. The van der Waals surface area contributed by atoms with Crippen LogP contribution in [0.3, 0.4) is 0 Å². The molecule has 1 aliphatic heterocycles. The summed E-state index contributed by atoms with van der Waals surface area (Å²) < 4.78 is 0. The standard InChI is InChI=1S/C17H25NO2/c1-3-5-6-13(4-2)17(20)18-10-9-14-7-8-16(19)11-15(14)12-18/h7-8,11,13,19H,3-6,9-10,12H2,1-2H3. The Morgan fingerprint density at radius 1 is 1.35 bits per heavy atom. The van der Waals surface area contributed by atoms with Crippen LogP contribution < -0.4 is 0 Å². The highest BCUT2D eigenvalue weighted by Crippen LogP contribution is 2.25. The Morgan fingerprint density at radius 3 is 2.85 bits per heavy atom. The van der Waals surface area contributed by atoms with Crippen LogP contribution in [0.2, 0.25) is 0 Å². The van der Waals surface area contributed by atoms with Crippen molar-refractivity contribution >= 4 is 5.91 Å². The minimum Gasteiger partial charge on any atom is -0.508 e. The number of hydrogen-bond acceptors (Lipinski definition) is 2. The second-order valence-electron chi connectivity index (χ2n) is 5.71. The zero-order chi connectivity index (χ0) is 14.5. The molecule has 0 fully saturated rings. The van der Waals surface area contributed by atoms with E-state index in [2.05, 4.69) is 13.8 Å². The molecule has 0 aliphatic carbocycles. The van der Waals surface area contributed by atoms with Crippen molar-refractivity contribution in [1.29, 1.82) is 0 Å². The number of benzene rings is 1. The summed E-state index contributed by atoms with van der Waals surface area (Å²) in [6, 6.07) is 5.50. The molecule has 1 amide bonds. The van der Waals surface area contributed by atoms with E-state index in [1.54, 1.807) is 12.1 Å². The zero-order valence-corrected chi connectivity index (χ0v) is 12.6. The maximum Gasteiger partial charge on any atom is 0.225 e. The van der Waals surface area contributed by atoms with E-state index in [0.717, 1.165) is 44.2 Å². The maximum absolute atomic E-state index is 12.6. The van der Waals surface area contributed by atoms with E-state index in [1.165, 1.54) is 5.56 Å². The van der Waals surface area contributed by atoms with Gasteiger partial charge in [0.2, 0.25) is 5.91 Å². The first-order valence-electron chi connectivity index (χ1n) is 7.75. The third-order valence-electron chi connectivity index (χ3n) is 4.26. The minimum atomic E-state index is 0.161. The average molecular weight is 275 g/mol. The van der Waals surface area contributed by atoms with Gasteiger partial charge < -0.3 is 10.0 Å². The molecule has 1 heterocycles. The van der Waals surface area contributed by atoms with Crippen LogP contribution in [0, 0.1) is 5.92 Å². The predicted molar refractivity (Wildman–Crippen MR) is 80.5 cm³/mol. The smallest absolute Gasteiger partial charge is 0.225 e. The fourth-order valence-corrected chi connectivity index (χ4v) is 2.94. The lowest BCUT2D eigenvalue weighted by Crippen LogP contribution is -2.39. The molecule has 0 bridgehead atoms. The number of phenols is 1. The fraction of sp³-hybridized carbons (Fsp3) is 0.588. The molecule has 110 valence electrons. The predicted octanol–water partition coefficient (Wildman–Crippen LogP) is 3.49. The summed E-state index contributed by atoms with van der Waals surface area (Å²) in [4.78, 5) is 14.6. The Kier molecular flexibility index (Phi) is 5.05. The molecule has 1 aromatic carbocycles. The molecule has 0 saturated heterocycles. The number of rotatable bonds is 5. The number of hydrogen-bond donors (Lipinski definition) is 1. The summed E-state index contributed by atoms with van der Waals surface area (Å²) in [5.74, 6) is 0.736. The Morgan fingerprint density at radius 2 is 2.15 bits per heavy atom. The maximum atomic E-state index is 12.6. The van der Waals surface area contributed by atoms with Crippen LogP contribution in [0.25, 0.3) is 0 Å². The van der Waals surface area contributed by atoms with Crippen molar-refractivity contribution in [2.24, 2.45) is 5.92 Å². The van der Waals surface area contributed by atoms with Crippen molar-refractivity contribution in [1.82, 2.24) is 4.90 Å². The van der Waals surface area contributed by atoms with Gasteiger partial charge in [-0.25, -0.2) is 0 Å². The molecule has 1 aromatic rings. The van der Waals surface area contributed by atoms with Gasteiger partial charge in [0, 0.05) is 19.0 Å². The lowest BCUT2D eigenvalue weighted by Gasteiger charge is -2.31. The van der Waals surface area contributed by atoms with Crippen LogP contribution >= 0.6 is 0 Å². The Labute approximate surface area is 121 Å². The lowest BCUT2D eigenvalue weighted by atomic mass is 9.94. The Hall–Kier alpha value is -1.51. The van der Waals surface area contributed by atoms with Crippen molar-refractivity contribution in [3.05, 3.63) is 29.3 Å². The fourth-order valence-electron chi connectivity index (χ4n) is 2.94. The molecule has 1 N–H and O–H groups in total. The SMILES string of the molecule is CCCCC(CC)C(=O)N1CCc2ccc(O)cc2C1. The number of phenolic OH excluding ortho intramolecular Hbond substituents is 1. The Balaban J connectivity index is 2.05. The average Bonchev–Trinajstić information content (AvgIpc) is 2.47. The molecule has 0 spiro atoms. The molecule has 2 rings (SSSR count). The molecule has 3 heteroatoms. The van der Waals surface area contributed by atoms with Crippen LogP contribution in [0.4, 0.5) is 0 Å². The van der Waals surface area contributed by atoms with Gasteiger partial charge >= 0.3 is 0 Å². The van der Waals surface area contributed by atoms with Gasteiger partial charge in [-0.15, -0.1) is 0 Å². The number of fused-ring (bicyclic) bond motifs is 1. The van der Waals surface area contributed by atoms with E-state index >= 15 is 0 Å². The highest BCUT2D eigenvalue weighted by molar-refractivity contribution is 5.79. The summed E-state index contributed by atoms with van der Waals surface area (Å²) in [7, 11) is 0. The van der Waals surface area contributed by atoms with Gasteiger partial charge in [0.25, 0.3) is 0 Å². The van der Waals surface area contributed by atoms with E-state index in [1.807, 2.05) is 11.0 Å². The highest BCUT2D eigenvalue weighted by Gasteiger charge is 2.25. The summed E-state index contributed by atoms with van der Waals surface area (Å²) in [6.07, 6.45) is 5.07. The lowest BCUT2D eigenvalue weighted by molar-refractivity contribution is -0.136. The number of aromatic hydroxyl groups is 1. The first-order valence-corrected chi connectivity index (χ1v) is 7.75. The van der Waals surface area contributed by atoms with Crippen LogP contribution in [0.5, 0.6) is 5.75 Å². The van der Waals surface area contributed by atoms with Crippen molar-refractivity contribution in [3.63, 3.8) is 0 Å². The molecule has 0 saturated carbocycles. The highest BCUT2D eigenvalue weighted by atomic mass is 16.3. The zero-order valence-electron chi connectivity index (χ0n) is 12.6. The summed E-state index contributed by atoms with van der Waals surface area (Å²) in [5.41, 5.74) is 2.35. The van der Waals surface area contributed by atoms with Gasteiger partial charge in [0.05, 0.1) is 0 Å². The molecule has 3 nitrogen and oxygen atoms in total. The number of unbranched alkanes of at least 4 members (excludes halogenated alkanes) is 1. The van der Waals surface area contributed by atoms with Gasteiger partial charge in [-0.05, 0) is 42.5 Å². The largest absolute Gasteiger partial charge is 0.508 e. The third-order valence-corrected chi connectivity index (χ3v) is 4.26. The monoisotopic (exact) mass is 275 g/mol. The Bertz CT molecular complexity index is 470. The van der Waals surface area contributed by atoms with Crippen LogP contribution in [-0.4, -0.2) is 22.5 Å². The van der Waals surface area contributed by atoms with E-state index in [0.29, 0.717) is 6.54 Å². The van der Waals surface area contributed by atoms with Gasteiger partial charge in [-0.2, -0.15) is 0 Å². The van der Waals surface area contributed by atoms with Gasteiger partial charge in [-0.3, -0.25) is 4.79 Å². The second kappa shape index (κ2) is 6.78. The number of nitrogens with zero attached hydrogens (tertiary/aromatic N) is 1. The van der Waals surface area contributed by atoms with E-state index in [4.69, 9.17) is 0 Å². The first kappa shape index (κ1) is 14.9. The minimum absolute atomic E-state index is 0.161. The number of carbonyl (C=O) groups is 1. The molecule has 1 aliphatic rings. The third kappa shape index (κ3) is 3.33. The summed E-state index contributed by atoms with van der Waals surface area (Å²) in [6.45, 7) is 5.71. The number of carbonyl (C=O) groups excluding carboxylic acids is 1. The van der Waals surface area contributed by atoms with Crippen molar-refractivity contribution in [2.75, 3.05) is 6.54 Å². The van der Waals surface area contributed by atoms with E-state index < -0.39 is 0 Å². The van der Waals surface area contributed by atoms with Crippen molar-refractivity contribution in [3.8, 4) is 5.75 Å². The van der Waals surface area contributed by atoms with Crippen LogP contribution in [0.15, 0.2) is 18.2 Å². The van der Waals surface area contributed by atoms with Crippen molar-refractivity contribution in [2.45, 2.75) is 52.5 Å². The van der Waals surface area contributed by atoms with Crippen molar-refractivity contribution < 1.29 is 9.90 Å². The van der Waals surface area contributed by atoms with E-state index in [-0.39, 0.29) is 17.6 Å². The molecule has 0 radical (unpaired) electrons. The second-order valence-corrected chi connectivity index (χ2v) is 5.71. The quantitative estimate of drug-likeness (QED) is 0.893. The molecule has 20 heavy (non-hydrogen) atoms. The van der Waals surface area contributed by atoms with Gasteiger partial charge in [-0.1, -0.05) is 32.8 Å². The molecular formula is C17H25NO2. The normalized spacial score (nSPS) is 15.8. The molecule has 1 atom stereocenters. The van der Waals surface area contributed by atoms with Gasteiger partial charge in [0.1, 0.15) is 5.75 Å². The topological polar surface area (TPSA) is 40.5 Å². The van der Waals surface area contributed by atoms with Crippen LogP contribution in [-0.2, 0) is 17.8 Å². The first-order chi connectivity index (χ1) is 9.65. The number of amides is 1.